The van der Waals surface area contributed by atoms with Crippen LogP contribution < -0.4 is 10.6 Å². The van der Waals surface area contributed by atoms with Gasteiger partial charge in [0.1, 0.15) is 6.54 Å². The van der Waals surface area contributed by atoms with Gasteiger partial charge >= 0.3 is 6.03 Å². The van der Waals surface area contributed by atoms with Crippen molar-refractivity contribution in [2.24, 2.45) is 0 Å². The highest BCUT2D eigenvalue weighted by molar-refractivity contribution is 5.95. The average molecular weight is 382 g/mol. The van der Waals surface area contributed by atoms with Crippen LogP contribution in [0.1, 0.15) is 42.0 Å². The monoisotopic (exact) mass is 381 g/mol. The molecule has 0 saturated carbocycles. The zero-order chi connectivity index (χ0) is 20.7. The first kappa shape index (κ1) is 21.5. The van der Waals surface area contributed by atoms with Gasteiger partial charge in [0.25, 0.3) is 0 Å². The van der Waals surface area contributed by atoms with E-state index in [2.05, 4.69) is 48.7 Å². The predicted octanol–water partition coefficient (Wildman–Crippen LogP) is 4.25. The van der Waals surface area contributed by atoms with Crippen LogP contribution in [0, 0.1) is 13.8 Å². The standard InChI is InChI=1S/C23H31N3O2/c1-16(2)20-11-9-19(10-12-20)13-14-24-23(28)26(5)15-22(27)25-21-8-6-7-17(3)18(21)4/h6-12,16H,13-15H2,1-5H3,(H,24,28)(H,25,27). The van der Waals surface area contributed by atoms with Crippen LogP contribution >= 0.6 is 0 Å². The van der Waals surface area contributed by atoms with Crippen LogP contribution in [0.5, 0.6) is 0 Å². The number of benzene rings is 2. The van der Waals surface area contributed by atoms with Gasteiger partial charge in [0, 0.05) is 19.3 Å². The van der Waals surface area contributed by atoms with Crippen LogP contribution in [0.2, 0.25) is 0 Å². The van der Waals surface area contributed by atoms with Gasteiger partial charge < -0.3 is 15.5 Å². The number of amides is 3. The maximum Gasteiger partial charge on any atom is 0.317 e. The number of hydrogen-bond acceptors (Lipinski definition) is 2. The molecule has 28 heavy (non-hydrogen) atoms. The summed E-state index contributed by atoms with van der Waals surface area (Å²) >= 11 is 0. The highest BCUT2D eigenvalue weighted by Gasteiger charge is 2.13. The van der Waals surface area contributed by atoms with Crippen molar-refractivity contribution < 1.29 is 9.59 Å². The molecule has 5 nitrogen and oxygen atoms in total. The summed E-state index contributed by atoms with van der Waals surface area (Å²) in [4.78, 5) is 25.9. The van der Waals surface area contributed by atoms with Gasteiger partial charge in [-0.3, -0.25) is 4.79 Å². The number of nitrogens with zero attached hydrogens (tertiary/aromatic N) is 1. The van der Waals surface area contributed by atoms with E-state index in [9.17, 15) is 9.59 Å². The Morgan fingerprint density at radius 1 is 1.04 bits per heavy atom. The third-order valence-electron chi connectivity index (χ3n) is 4.94. The molecule has 0 aliphatic carbocycles. The summed E-state index contributed by atoms with van der Waals surface area (Å²) in [6.45, 7) is 8.84. The zero-order valence-corrected chi connectivity index (χ0v) is 17.5. The number of carbonyl (C=O) groups excluding carboxylic acids is 2. The van der Waals surface area contributed by atoms with Crippen LogP contribution in [0.25, 0.3) is 0 Å². The molecule has 0 heterocycles. The van der Waals surface area contributed by atoms with Crippen molar-refractivity contribution in [3.63, 3.8) is 0 Å². The lowest BCUT2D eigenvalue weighted by atomic mass is 10.0. The van der Waals surface area contributed by atoms with E-state index >= 15 is 0 Å². The Morgan fingerprint density at radius 3 is 2.36 bits per heavy atom. The van der Waals surface area contributed by atoms with E-state index in [4.69, 9.17) is 0 Å². The third-order valence-corrected chi connectivity index (χ3v) is 4.94. The van der Waals surface area contributed by atoms with Crippen molar-refractivity contribution in [1.82, 2.24) is 10.2 Å². The minimum Gasteiger partial charge on any atom is -0.338 e. The summed E-state index contributed by atoms with van der Waals surface area (Å²) < 4.78 is 0. The first-order valence-electron chi connectivity index (χ1n) is 9.71. The van der Waals surface area contributed by atoms with Gasteiger partial charge in [0.2, 0.25) is 5.91 Å². The molecule has 0 atom stereocenters. The fourth-order valence-corrected chi connectivity index (χ4v) is 2.88. The minimum atomic E-state index is -0.255. The van der Waals surface area contributed by atoms with Gasteiger partial charge in [-0.1, -0.05) is 50.2 Å². The highest BCUT2D eigenvalue weighted by atomic mass is 16.2. The summed E-state index contributed by atoms with van der Waals surface area (Å²) in [5.74, 6) is 0.299. The van der Waals surface area contributed by atoms with Crippen molar-refractivity contribution in [2.75, 3.05) is 25.5 Å². The van der Waals surface area contributed by atoms with E-state index < -0.39 is 0 Å². The van der Waals surface area contributed by atoms with E-state index in [1.807, 2.05) is 32.0 Å². The van der Waals surface area contributed by atoms with Gasteiger partial charge in [0.05, 0.1) is 0 Å². The third kappa shape index (κ3) is 6.12. The molecule has 0 aliphatic heterocycles. The average Bonchev–Trinajstić information content (AvgIpc) is 2.65. The molecule has 0 unspecified atom stereocenters. The molecule has 2 aromatic rings. The Bertz CT molecular complexity index is 813. The quantitative estimate of drug-likeness (QED) is 0.753. The summed E-state index contributed by atoms with van der Waals surface area (Å²) in [7, 11) is 1.62. The van der Waals surface area contributed by atoms with Gasteiger partial charge in [-0.05, 0) is 54.5 Å². The fraction of sp³-hybridized carbons (Fsp3) is 0.391. The molecule has 0 saturated heterocycles. The first-order chi connectivity index (χ1) is 13.3. The molecule has 0 spiro atoms. The Balaban J connectivity index is 1.77. The van der Waals surface area contributed by atoms with E-state index in [0.29, 0.717) is 12.5 Å². The predicted molar refractivity (Wildman–Crippen MR) is 115 cm³/mol. The molecule has 0 aromatic heterocycles. The molecule has 2 aromatic carbocycles. The smallest absolute Gasteiger partial charge is 0.317 e. The summed E-state index contributed by atoms with van der Waals surface area (Å²) in [6, 6.07) is 14.0. The molecule has 0 radical (unpaired) electrons. The van der Waals surface area contributed by atoms with Crippen molar-refractivity contribution >= 4 is 17.6 Å². The van der Waals surface area contributed by atoms with Crippen molar-refractivity contribution in [3.05, 3.63) is 64.7 Å². The van der Waals surface area contributed by atoms with Crippen LogP contribution in [0.15, 0.2) is 42.5 Å². The minimum absolute atomic E-state index is 0.00228. The van der Waals surface area contributed by atoms with Gasteiger partial charge in [-0.15, -0.1) is 0 Å². The molecule has 3 amide bonds. The second-order valence-electron chi connectivity index (χ2n) is 7.53. The Kier molecular flexibility index (Phi) is 7.61. The maximum absolute atomic E-state index is 12.2. The van der Waals surface area contributed by atoms with E-state index in [1.165, 1.54) is 16.0 Å². The summed E-state index contributed by atoms with van der Waals surface area (Å²) in [6.07, 6.45) is 0.757. The Morgan fingerprint density at radius 2 is 1.71 bits per heavy atom. The van der Waals surface area contributed by atoms with Gasteiger partial charge in [-0.2, -0.15) is 0 Å². The fourth-order valence-electron chi connectivity index (χ4n) is 2.88. The lowest BCUT2D eigenvalue weighted by Gasteiger charge is -2.18. The molecule has 0 bridgehead atoms. The molecular weight excluding hydrogens is 350 g/mol. The van der Waals surface area contributed by atoms with Crippen molar-refractivity contribution in [2.45, 2.75) is 40.0 Å². The van der Waals surface area contributed by atoms with Crippen LogP contribution in [-0.4, -0.2) is 37.0 Å². The van der Waals surface area contributed by atoms with E-state index in [0.717, 1.165) is 23.2 Å². The molecule has 150 valence electrons. The number of urea groups is 1. The topological polar surface area (TPSA) is 61.4 Å². The van der Waals surface area contributed by atoms with Crippen LogP contribution in [0.3, 0.4) is 0 Å². The number of anilines is 1. The molecule has 0 aliphatic rings. The molecule has 5 heteroatoms. The van der Waals surface area contributed by atoms with E-state index in [1.54, 1.807) is 7.05 Å². The van der Waals surface area contributed by atoms with Gasteiger partial charge in [-0.25, -0.2) is 4.79 Å². The number of carbonyl (C=O) groups is 2. The van der Waals surface area contributed by atoms with Crippen molar-refractivity contribution in [3.8, 4) is 0 Å². The second-order valence-corrected chi connectivity index (χ2v) is 7.53. The number of nitrogens with one attached hydrogen (secondary N) is 2. The first-order valence-corrected chi connectivity index (χ1v) is 9.71. The Labute approximate surface area is 168 Å². The molecular formula is C23H31N3O2. The second kappa shape index (κ2) is 9.93. The highest BCUT2D eigenvalue weighted by Crippen LogP contribution is 2.18. The molecule has 2 rings (SSSR count). The molecule has 2 N–H and O–H groups in total. The number of hydrogen-bond donors (Lipinski definition) is 2. The number of likely N-dealkylation sites (N-methyl/N-ethyl adjacent to an activating group) is 1. The van der Waals surface area contributed by atoms with Crippen LogP contribution in [-0.2, 0) is 11.2 Å². The zero-order valence-electron chi connectivity index (χ0n) is 17.5. The summed E-state index contributed by atoms with van der Waals surface area (Å²) in [5.41, 5.74) is 5.42. The lowest BCUT2D eigenvalue weighted by Crippen LogP contribution is -2.42. The van der Waals surface area contributed by atoms with E-state index in [-0.39, 0.29) is 18.5 Å². The maximum atomic E-state index is 12.2. The van der Waals surface area contributed by atoms with Gasteiger partial charge in [0.15, 0.2) is 0 Å². The Hall–Kier alpha value is -2.82. The largest absolute Gasteiger partial charge is 0.338 e. The normalized spacial score (nSPS) is 10.6. The lowest BCUT2D eigenvalue weighted by molar-refractivity contribution is -0.116. The van der Waals surface area contributed by atoms with Crippen LogP contribution in [0.4, 0.5) is 10.5 Å². The van der Waals surface area contributed by atoms with Crippen molar-refractivity contribution in [1.29, 1.82) is 0 Å². The SMILES string of the molecule is Cc1cccc(NC(=O)CN(C)C(=O)NCCc2ccc(C(C)C)cc2)c1C. The molecule has 0 fully saturated rings. The number of rotatable bonds is 7. The number of aryl methyl sites for hydroxylation is 1. The summed E-state index contributed by atoms with van der Waals surface area (Å²) in [5, 5.41) is 5.74.